The van der Waals surface area contributed by atoms with Crippen molar-refractivity contribution in [2.45, 2.75) is 97.0 Å². The Hall–Kier alpha value is -2.39. The molecular formula is C35H47O8P. The van der Waals surface area contributed by atoms with E-state index in [9.17, 15) is 4.57 Å². The summed E-state index contributed by atoms with van der Waals surface area (Å²) in [4.78, 5) is 0. The molecule has 1 aliphatic rings. The van der Waals surface area contributed by atoms with Crippen molar-refractivity contribution in [3.8, 4) is 0 Å². The van der Waals surface area contributed by atoms with E-state index in [4.69, 9.17) is 32.5 Å². The van der Waals surface area contributed by atoms with Gasteiger partial charge in [0.2, 0.25) is 0 Å². The zero-order chi connectivity index (χ0) is 31.0. The van der Waals surface area contributed by atoms with Crippen LogP contribution in [-0.2, 0) is 56.9 Å². The van der Waals surface area contributed by atoms with Crippen LogP contribution in [0.25, 0.3) is 0 Å². The molecule has 9 heteroatoms. The highest BCUT2D eigenvalue weighted by molar-refractivity contribution is 7.48. The molecule has 44 heavy (non-hydrogen) atoms. The maximum absolute atomic E-state index is 14.0. The van der Waals surface area contributed by atoms with Crippen LogP contribution in [0.2, 0.25) is 0 Å². The first-order chi connectivity index (χ1) is 21.5. The van der Waals surface area contributed by atoms with Crippen molar-refractivity contribution in [2.24, 2.45) is 0 Å². The first kappa shape index (κ1) is 34.5. The number of hydrogen-bond acceptors (Lipinski definition) is 8. The lowest BCUT2D eigenvalue weighted by Crippen LogP contribution is -2.59. The highest BCUT2D eigenvalue weighted by atomic mass is 31.2. The van der Waals surface area contributed by atoms with Gasteiger partial charge in [0.1, 0.15) is 18.3 Å². The van der Waals surface area contributed by atoms with E-state index in [-0.39, 0.29) is 19.8 Å². The van der Waals surface area contributed by atoms with Gasteiger partial charge in [-0.25, -0.2) is 4.57 Å². The average Bonchev–Trinajstić information content (AvgIpc) is 3.04. The molecule has 4 rings (SSSR count). The minimum absolute atomic E-state index is 0.245. The molecule has 0 spiro atoms. The molecule has 0 aromatic heterocycles. The quantitative estimate of drug-likeness (QED) is 0.0972. The van der Waals surface area contributed by atoms with Gasteiger partial charge in [-0.15, -0.1) is 0 Å². The van der Waals surface area contributed by atoms with E-state index >= 15 is 0 Å². The molecule has 1 saturated heterocycles. The van der Waals surface area contributed by atoms with Crippen molar-refractivity contribution in [3.05, 3.63) is 108 Å². The van der Waals surface area contributed by atoms with Gasteiger partial charge in [0.05, 0.1) is 39.1 Å². The van der Waals surface area contributed by atoms with Gasteiger partial charge in [-0.2, -0.15) is 0 Å². The number of rotatable bonds is 19. The van der Waals surface area contributed by atoms with Gasteiger partial charge < -0.3 is 18.9 Å². The maximum Gasteiger partial charge on any atom is 0.477 e. The monoisotopic (exact) mass is 626 g/mol. The normalized spacial score (nSPS) is 22.2. The summed E-state index contributed by atoms with van der Waals surface area (Å²) in [7, 11) is -3.99. The fraction of sp³-hybridized carbons (Fsp3) is 0.486. The molecule has 1 heterocycles. The molecule has 0 N–H and O–H groups in total. The number of hydrogen-bond donors (Lipinski definition) is 0. The van der Waals surface area contributed by atoms with E-state index < -0.39 is 38.5 Å². The van der Waals surface area contributed by atoms with Gasteiger partial charge >= 0.3 is 7.82 Å². The van der Waals surface area contributed by atoms with Crippen molar-refractivity contribution in [3.63, 3.8) is 0 Å². The molecule has 0 aliphatic carbocycles. The summed E-state index contributed by atoms with van der Waals surface area (Å²) < 4.78 is 57.7. The van der Waals surface area contributed by atoms with Gasteiger partial charge in [0.15, 0.2) is 6.29 Å². The third-order valence-corrected chi connectivity index (χ3v) is 8.77. The van der Waals surface area contributed by atoms with Crippen LogP contribution in [0.5, 0.6) is 0 Å². The summed E-state index contributed by atoms with van der Waals surface area (Å²) in [6.07, 6.45) is -0.335. The second-order valence-electron chi connectivity index (χ2n) is 10.9. The van der Waals surface area contributed by atoms with Crippen molar-refractivity contribution in [1.82, 2.24) is 0 Å². The van der Waals surface area contributed by atoms with Gasteiger partial charge in [-0.1, -0.05) is 118 Å². The molecule has 0 saturated carbocycles. The zero-order valence-corrected chi connectivity index (χ0v) is 27.0. The lowest BCUT2D eigenvalue weighted by atomic mass is 9.98. The summed E-state index contributed by atoms with van der Waals surface area (Å²) in [5.74, 6) is 0. The highest BCUT2D eigenvalue weighted by Crippen LogP contribution is 2.52. The van der Waals surface area contributed by atoms with Crippen LogP contribution >= 0.6 is 7.82 Å². The molecule has 3 aromatic carbocycles. The fourth-order valence-corrected chi connectivity index (χ4v) is 6.15. The minimum Gasteiger partial charge on any atom is -0.368 e. The van der Waals surface area contributed by atoms with E-state index in [0.717, 1.165) is 42.4 Å². The van der Waals surface area contributed by atoms with Crippen LogP contribution in [-0.4, -0.2) is 43.9 Å². The van der Waals surface area contributed by atoms with E-state index in [2.05, 4.69) is 0 Å². The highest BCUT2D eigenvalue weighted by Gasteiger charge is 2.50. The van der Waals surface area contributed by atoms with E-state index in [1.807, 2.05) is 112 Å². The Balaban J connectivity index is 1.62. The lowest BCUT2D eigenvalue weighted by molar-refractivity contribution is -0.303. The molecule has 0 amide bonds. The minimum atomic E-state index is -3.99. The predicted octanol–water partition coefficient (Wildman–Crippen LogP) is 8.25. The predicted molar refractivity (Wildman–Crippen MR) is 170 cm³/mol. The van der Waals surface area contributed by atoms with E-state index in [1.165, 1.54) is 0 Å². The van der Waals surface area contributed by atoms with Crippen molar-refractivity contribution in [1.29, 1.82) is 0 Å². The number of phosphoric acid groups is 1. The third kappa shape index (κ3) is 10.9. The van der Waals surface area contributed by atoms with Crippen LogP contribution in [0.1, 0.15) is 63.1 Å². The topological polar surface area (TPSA) is 81.7 Å². The SMILES string of the molecule is CCCCOP(=O)(OCCCC)O[C@@H]1O[C@@H](C)[C@H](OCc2ccccc2)[C@@H](OCc2ccccc2)[C@H]1OCc1ccccc1. The number of ether oxygens (including phenoxy) is 4. The molecular weight excluding hydrogens is 579 g/mol. The molecule has 0 bridgehead atoms. The largest absolute Gasteiger partial charge is 0.477 e. The smallest absolute Gasteiger partial charge is 0.368 e. The lowest BCUT2D eigenvalue weighted by Gasteiger charge is -2.45. The Labute approximate surface area is 262 Å². The van der Waals surface area contributed by atoms with Crippen molar-refractivity contribution >= 4 is 7.82 Å². The number of phosphoric ester groups is 1. The Morgan fingerprint density at radius 3 is 1.45 bits per heavy atom. The molecule has 3 aromatic rings. The molecule has 1 fully saturated rings. The Kier molecular flexibility index (Phi) is 14.5. The summed E-state index contributed by atoms with van der Waals surface area (Å²) in [5, 5.41) is 0. The molecule has 0 unspecified atom stereocenters. The Morgan fingerprint density at radius 1 is 0.614 bits per heavy atom. The van der Waals surface area contributed by atoms with Crippen LogP contribution in [0.4, 0.5) is 0 Å². The van der Waals surface area contributed by atoms with Crippen LogP contribution in [0, 0.1) is 0 Å². The van der Waals surface area contributed by atoms with Gasteiger partial charge in [-0.3, -0.25) is 13.6 Å². The summed E-state index contributed by atoms with van der Waals surface area (Å²) in [6.45, 7) is 7.41. The van der Waals surface area contributed by atoms with Gasteiger partial charge in [0, 0.05) is 0 Å². The second-order valence-corrected chi connectivity index (χ2v) is 12.5. The standard InChI is InChI=1S/C35H47O8P/c1-4-6-23-40-44(36,41-24-7-5-2)43-35-34(39-27-31-21-15-10-16-22-31)33(38-26-30-19-13-9-14-20-30)32(28(3)42-35)37-25-29-17-11-8-12-18-29/h8-22,28,32-35H,4-7,23-27H2,1-3H3/t28-,32-,33+,34+,35-/m0/s1. The molecule has 240 valence electrons. The molecule has 8 nitrogen and oxygen atoms in total. The Morgan fingerprint density at radius 2 is 1.02 bits per heavy atom. The maximum atomic E-state index is 14.0. The van der Waals surface area contributed by atoms with Crippen LogP contribution < -0.4 is 0 Å². The van der Waals surface area contributed by atoms with E-state index in [0.29, 0.717) is 13.2 Å². The van der Waals surface area contributed by atoms with Crippen LogP contribution in [0.3, 0.4) is 0 Å². The van der Waals surface area contributed by atoms with Gasteiger partial charge in [-0.05, 0) is 36.5 Å². The molecule has 5 atom stereocenters. The first-order valence-corrected chi connectivity index (χ1v) is 17.2. The third-order valence-electron chi connectivity index (χ3n) is 7.31. The van der Waals surface area contributed by atoms with Crippen molar-refractivity contribution in [2.75, 3.05) is 13.2 Å². The van der Waals surface area contributed by atoms with E-state index in [1.54, 1.807) is 0 Å². The summed E-state index contributed by atoms with van der Waals surface area (Å²) in [5.41, 5.74) is 3.00. The number of unbranched alkanes of at least 4 members (excludes halogenated alkanes) is 2. The zero-order valence-electron chi connectivity index (χ0n) is 26.1. The Bertz CT molecular complexity index is 1220. The summed E-state index contributed by atoms with van der Waals surface area (Å²) in [6, 6.07) is 29.7. The second kappa shape index (κ2) is 18.5. The molecule has 0 radical (unpaired) electrons. The van der Waals surface area contributed by atoms with Crippen molar-refractivity contribution < 1.29 is 37.1 Å². The van der Waals surface area contributed by atoms with Gasteiger partial charge in [0.25, 0.3) is 0 Å². The summed E-state index contributed by atoms with van der Waals surface area (Å²) >= 11 is 0. The fourth-order valence-electron chi connectivity index (χ4n) is 4.82. The average molecular weight is 627 g/mol. The van der Waals surface area contributed by atoms with Crippen LogP contribution in [0.15, 0.2) is 91.0 Å². The molecule has 1 aliphatic heterocycles. The first-order valence-electron chi connectivity index (χ1n) is 15.7. The number of benzene rings is 3.